The highest BCUT2D eigenvalue weighted by Gasteiger charge is 2.15. The van der Waals surface area contributed by atoms with Crippen LogP contribution in [-0.2, 0) is 0 Å². The summed E-state index contributed by atoms with van der Waals surface area (Å²) in [5.41, 5.74) is 1.06. The largest absolute Gasteiger partial charge is 0.497 e. The lowest BCUT2D eigenvalue weighted by Gasteiger charge is -2.29. The molecular weight excluding hydrogens is 238 g/mol. The molecule has 0 unspecified atom stereocenters. The first-order valence-electron chi connectivity index (χ1n) is 6.69. The van der Waals surface area contributed by atoms with Gasteiger partial charge in [0.1, 0.15) is 11.6 Å². The van der Waals surface area contributed by atoms with Crippen molar-refractivity contribution < 1.29 is 4.74 Å². The van der Waals surface area contributed by atoms with Crippen LogP contribution in [0.25, 0.3) is 10.8 Å². The third-order valence-corrected chi connectivity index (χ3v) is 3.56. The summed E-state index contributed by atoms with van der Waals surface area (Å²) in [4.78, 5) is 7.10. The molecule has 4 nitrogen and oxygen atoms in total. The maximum absolute atomic E-state index is 5.34. The van der Waals surface area contributed by atoms with Crippen molar-refractivity contribution in [1.82, 2.24) is 10.3 Å². The summed E-state index contributed by atoms with van der Waals surface area (Å²) < 4.78 is 5.34. The smallest absolute Gasteiger partial charge is 0.136 e. The average Bonchev–Trinajstić information content (AvgIpc) is 2.47. The number of nitrogens with zero attached hydrogens (tertiary/aromatic N) is 2. The van der Waals surface area contributed by atoms with Gasteiger partial charge >= 0.3 is 0 Å². The average molecular weight is 257 g/mol. The van der Waals surface area contributed by atoms with Gasteiger partial charge in [0.15, 0.2) is 0 Å². The molecule has 0 atom stereocenters. The normalized spacial score (nSPS) is 15.8. The Morgan fingerprint density at radius 3 is 2.74 bits per heavy atom. The van der Waals surface area contributed by atoms with E-state index in [-0.39, 0.29) is 0 Å². The van der Waals surface area contributed by atoms with Crippen LogP contribution >= 0.6 is 0 Å². The number of aromatic nitrogens is 1. The lowest BCUT2D eigenvalue weighted by atomic mass is 10.1. The maximum Gasteiger partial charge on any atom is 0.136 e. The van der Waals surface area contributed by atoms with Crippen LogP contribution in [0.15, 0.2) is 24.3 Å². The van der Waals surface area contributed by atoms with E-state index >= 15 is 0 Å². The number of fused-ring (bicyclic) bond motifs is 1. The fourth-order valence-electron chi connectivity index (χ4n) is 2.58. The Kier molecular flexibility index (Phi) is 3.25. The zero-order chi connectivity index (χ0) is 13.2. The number of methoxy groups -OCH3 is 1. The van der Waals surface area contributed by atoms with Gasteiger partial charge in [-0.3, -0.25) is 0 Å². The number of ether oxygens (including phenoxy) is 1. The van der Waals surface area contributed by atoms with Gasteiger partial charge in [-0.1, -0.05) is 6.07 Å². The number of piperazine rings is 1. The zero-order valence-electron chi connectivity index (χ0n) is 11.4. The third kappa shape index (κ3) is 2.36. The second-order valence-corrected chi connectivity index (χ2v) is 4.91. The van der Waals surface area contributed by atoms with Crippen LogP contribution in [0.4, 0.5) is 5.82 Å². The van der Waals surface area contributed by atoms with Gasteiger partial charge in [0.05, 0.1) is 7.11 Å². The Morgan fingerprint density at radius 1 is 1.21 bits per heavy atom. The molecule has 0 bridgehead atoms. The highest BCUT2D eigenvalue weighted by molar-refractivity contribution is 5.93. The molecule has 1 aromatic carbocycles. The predicted molar refractivity (Wildman–Crippen MR) is 78.1 cm³/mol. The van der Waals surface area contributed by atoms with Crippen molar-refractivity contribution in [1.29, 1.82) is 0 Å². The van der Waals surface area contributed by atoms with Crippen LogP contribution < -0.4 is 15.0 Å². The molecule has 2 aromatic rings. The fraction of sp³-hybridized carbons (Fsp3) is 0.400. The Morgan fingerprint density at radius 2 is 2.00 bits per heavy atom. The highest BCUT2D eigenvalue weighted by Crippen LogP contribution is 2.29. The van der Waals surface area contributed by atoms with Crippen LogP contribution in [0.5, 0.6) is 5.75 Å². The van der Waals surface area contributed by atoms with Gasteiger partial charge in [-0.05, 0) is 30.5 Å². The van der Waals surface area contributed by atoms with Crippen molar-refractivity contribution in [2.45, 2.75) is 6.92 Å². The lowest BCUT2D eigenvalue weighted by Crippen LogP contribution is -2.44. The van der Waals surface area contributed by atoms with Crippen molar-refractivity contribution >= 4 is 16.6 Å². The summed E-state index contributed by atoms with van der Waals surface area (Å²) in [6, 6.07) is 8.32. The molecule has 3 rings (SSSR count). The number of rotatable bonds is 2. The second kappa shape index (κ2) is 5.05. The number of pyridine rings is 1. The van der Waals surface area contributed by atoms with E-state index in [4.69, 9.17) is 9.72 Å². The molecule has 100 valence electrons. The van der Waals surface area contributed by atoms with Gasteiger partial charge in [-0.15, -0.1) is 0 Å². The first-order chi connectivity index (χ1) is 9.28. The van der Waals surface area contributed by atoms with E-state index < -0.39 is 0 Å². The van der Waals surface area contributed by atoms with Crippen LogP contribution in [0.2, 0.25) is 0 Å². The molecule has 1 saturated heterocycles. The van der Waals surface area contributed by atoms with Gasteiger partial charge in [0.25, 0.3) is 0 Å². The molecule has 1 fully saturated rings. The first-order valence-corrected chi connectivity index (χ1v) is 6.69. The number of hydrogen-bond acceptors (Lipinski definition) is 4. The van der Waals surface area contributed by atoms with E-state index in [9.17, 15) is 0 Å². The van der Waals surface area contributed by atoms with Gasteiger partial charge in [-0.25, -0.2) is 4.98 Å². The van der Waals surface area contributed by atoms with E-state index in [1.54, 1.807) is 7.11 Å². The molecule has 1 aliphatic rings. The molecule has 1 aliphatic heterocycles. The SMILES string of the molecule is COc1ccc2cc(C)nc(N3CCNCC3)c2c1. The van der Waals surface area contributed by atoms with Gasteiger partial charge in [0.2, 0.25) is 0 Å². The number of aryl methyl sites for hydroxylation is 1. The zero-order valence-corrected chi connectivity index (χ0v) is 11.4. The summed E-state index contributed by atoms with van der Waals surface area (Å²) in [5.74, 6) is 1.96. The molecule has 2 heterocycles. The topological polar surface area (TPSA) is 37.4 Å². The van der Waals surface area contributed by atoms with Crippen molar-refractivity contribution in [2.24, 2.45) is 0 Å². The summed E-state index contributed by atoms with van der Waals surface area (Å²) in [6.07, 6.45) is 0. The van der Waals surface area contributed by atoms with Crippen LogP contribution in [0.3, 0.4) is 0 Å². The summed E-state index contributed by atoms with van der Waals surface area (Å²) in [7, 11) is 1.70. The lowest BCUT2D eigenvalue weighted by molar-refractivity contribution is 0.415. The van der Waals surface area contributed by atoms with Gasteiger partial charge in [-0.2, -0.15) is 0 Å². The molecule has 0 saturated carbocycles. The molecular formula is C15H19N3O. The Balaban J connectivity index is 2.14. The molecule has 1 aromatic heterocycles. The molecule has 0 amide bonds. The Labute approximate surface area is 113 Å². The van der Waals surface area contributed by atoms with Crippen molar-refractivity contribution in [3.8, 4) is 5.75 Å². The molecule has 0 aliphatic carbocycles. The van der Waals surface area contributed by atoms with Crippen molar-refractivity contribution in [2.75, 3.05) is 38.2 Å². The summed E-state index contributed by atoms with van der Waals surface area (Å²) in [5, 5.41) is 5.77. The molecule has 4 heteroatoms. The molecule has 1 N–H and O–H groups in total. The third-order valence-electron chi connectivity index (χ3n) is 3.56. The van der Waals surface area contributed by atoms with Crippen molar-refractivity contribution in [3.05, 3.63) is 30.0 Å². The van der Waals surface area contributed by atoms with Crippen LogP contribution in [0.1, 0.15) is 5.69 Å². The predicted octanol–water partition coefficient (Wildman–Crippen LogP) is 1.96. The quantitative estimate of drug-likeness (QED) is 0.892. The number of benzene rings is 1. The van der Waals surface area contributed by atoms with E-state index in [0.29, 0.717) is 0 Å². The minimum Gasteiger partial charge on any atom is -0.497 e. The highest BCUT2D eigenvalue weighted by atomic mass is 16.5. The first kappa shape index (κ1) is 12.2. The monoisotopic (exact) mass is 257 g/mol. The minimum atomic E-state index is 0.884. The van der Waals surface area contributed by atoms with E-state index in [1.165, 1.54) is 10.8 Å². The molecule has 0 radical (unpaired) electrons. The molecule has 19 heavy (non-hydrogen) atoms. The maximum atomic E-state index is 5.34. The molecule has 0 spiro atoms. The minimum absolute atomic E-state index is 0.884. The van der Waals surface area contributed by atoms with E-state index in [1.807, 2.05) is 6.07 Å². The van der Waals surface area contributed by atoms with Gasteiger partial charge < -0.3 is 15.0 Å². The van der Waals surface area contributed by atoms with Crippen LogP contribution in [-0.4, -0.2) is 38.3 Å². The van der Waals surface area contributed by atoms with Gasteiger partial charge in [0, 0.05) is 37.3 Å². The standard InChI is InChI=1S/C15H19N3O/c1-11-9-12-3-4-13(19-2)10-14(12)15(17-11)18-7-5-16-6-8-18/h3-4,9-10,16H,5-8H2,1-2H3. The van der Waals surface area contributed by atoms with Crippen LogP contribution in [0, 0.1) is 6.92 Å². The fourth-order valence-corrected chi connectivity index (χ4v) is 2.58. The Bertz CT molecular complexity index is 591. The number of anilines is 1. The summed E-state index contributed by atoms with van der Waals surface area (Å²) >= 11 is 0. The Hall–Kier alpha value is -1.81. The van der Waals surface area contributed by atoms with Crippen molar-refractivity contribution in [3.63, 3.8) is 0 Å². The number of hydrogen-bond donors (Lipinski definition) is 1. The summed E-state index contributed by atoms with van der Waals surface area (Å²) in [6.45, 7) is 6.09. The number of nitrogens with one attached hydrogen (secondary N) is 1. The van der Waals surface area contributed by atoms with E-state index in [2.05, 4.69) is 35.3 Å². The second-order valence-electron chi connectivity index (χ2n) is 4.91. The van der Waals surface area contributed by atoms with E-state index in [0.717, 1.165) is 43.4 Å².